The molecule has 2 N–H and O–H groups in total. The lowest BCUT2D eigenvalue weighted by molar-refractivity contribution is -0.0498. The van der Waals surface area contributed by atoms with Gasteiger partial charge in [0.25, 0.3) is 0 Å². The average Bonchev–Trinajstić information content (AvgIpc) is 2.54. The zero-order valence-electron chi connectivity index (χ0n) is 12.4. The minimum Gasteiger partial charge on any atom is -0.497 e. The number of thiocarbonyl (C=S) groups is 1. The highest BCUT2D eigenvalue weighted by Crippen LogP contribution is 2.17. The van der Waals surface area contributed by atoms with E-state index in [1.807, 2.05) is 24.3 Å². The summed E-state index contributed by atoms with van der Waals surface area (Å²) in [5, 5.41) is 6.53. The molecular weight excluding hydrogens is 322 g/mol. The topological polar surface area (TPSA) is 42.5 Å². The Hall–Kier alpha value is -2.41. The van der Waals surface area contributed by atoms with Crippen molar-refractivity contribution in [2.24, 2.45) is 0 Å². The molecule has 0 aliphatic rings. The maximum Gasteiger partial charge on any atom is 0.387 e. The van der Waals surface area contributed by atoms with Gasteiger partial charge in [-0.05, 0) is 42.0 Å². The molecule has 0 saturated heterocycles. The molecule has 122 valence electrons. The summed E-state index contributed by atoms with van der Waals surface area (Å²) in [6.07, 6.45) is 0. The SMILES string of the molecule is COc1cccc(NC(=S)NCc2ccc(OC(F)F)cc2)c1. The second kappa shape index (κ2) is 8.28. The van der Waals surface area contributed by atoms with Crippen LogP contribution in [0, 0.1) is 0 Å². The summed E-state index contributed by atoms with van der Waals surface area (Å²) < 4.78 is 33.6. The third-order valence-electron chi connectivity index (χ3n) is 2.93. The molecule has 0 aliphatic carbocycles. The van der Waals surface area contributed by atoms with Gasteiger partial charge in [0.1, 0.15) is 11.5 Å². The highest BCUT2D eigenvalue weighted by molar-refractivity contribution is 7.80. The zero-order chi connectivity index (χ0) is 16.7. The first-order valence-electron chi connectivity index (χ1n) is 6.79. The first-order chi connectivity index (χ1) is 11.1. The molecule has 0 fully saturated rings. The number of benzene rings is 2. The molecule has 0 amide bonds. The fourth-order valence-corrected chi connectivity index (χ4v) is 2.04. The van der Waals surface area contributed by atoms with Gasteiger partial charge in [0.05, 0.1) is 7.11 Å². The Bertz CT molecular complexity index is 651. The van der Waals surface area contributed by atoms with E-state index in [-0.39, 0.29) is 5.75 Å². The van der Waals surface area contributed by atoms with Crippen molar-refractivity contribution in [3.63, 3.8) is 0 Å². The van der Waals surface area contributed by atoms with Crippen LogP contribution in [0.25, 0.3) is 0 Å². The number of rotatable bonds is 6. The number of methoxy groups -OCH3 is 1. The molecule has 7 heteroatoms. The molecule has 0 aliphatic heterocycles. The minimum atomic E-state index is -2.82. The van der Waals surface area contributed by atoms with E-state index in [9.17, 15) is 8.78 Å². The molecule has 2 rings (SSSR count). The Morgan fingerprint density at radius 3 is 2.52 bits per heavy atom. The fraction of sp³-hybridized carbons (Fsp3) is 0.188. The van der Waals surface area contributed by atoms with E-state index in [1.165, 1.54) is 12.1 Å². The van der Waals surface area contributed by atoms with Crippen LogP contribution >= 0.6 is 12.2 Å². The van der Waals surface area contributed by atoms with Crippen LogP contribution < -0.4 is 20.1 Å². The summed E-state index contributed by atoms with van der Waals surface area (Å²) in [5.74, 6) is 0.855. The Morgan fingerprint density at radius 2 is 1.87 bits per heavy atom. The van der Waals surface area contributed by atoms with Crippen LogP contribution in [0.15, 0.2) is 48.5 Å². The van der Waals surface area contributed by atoms with Gasteiger partial charge in [-0.25, -0.2) is 0 Å². The number of alkyl halides is 2. The molecule has 2 aromatic carbocycles. The van der Waals surface area contributed by atoms with E-state index in [0.717, 1.165) is 17.0 Å². The van der Waals surface area contributed by atoms with Gasteiger partial charge in [0, 0.05) is 18.3 Å². The molecule has 0 spiro atoms. The van der Waals surface area contributed by atoms with Crippen LogP contribution in [0.3, 0.4) is 0 Å². The van der Waals surface area contributed by atoms with E-state index in [2.05, 4.69) is 15.4 Å². The van der Waals surface area contributed by atoms with E-state index in [0.29, 0.717) is 11.7 Å². The van der Waals surface area contributed by atoms with Crippen molar-refractivity contribution in [2.45, 2.75) is 13.2 Å². The molecule has 4 nitrogen and oxygen atoms in total. The summed E-state index contributed by atoms with van der Waals surface area (Å²) in [7, 11) is 1.59. The van der Waals surface area contributed by atoms with Crippen LogP contribution in [0.4, 0.5) is 14.5 Å². The maximum absolute atomic E-state index is 12.1. The highest BCUT2D eigenvalue weighted by atomic mass is 32.1. The van der Waals surface area contributed by atoms with Crippen molar-refractivity contribution in [3.8, 4) is 11.5 Å². The molecule has 0 bridgehead atoms. The molecule has 0 saturated carbocycles. The van der Waals surface area contributed by atoms with Gasteiger partial charge >= 0.3 is 6.61 Å². The van der Waals surface area contributed by atoms with Gasteiger partial charge in [0.15, 0.2) is 5.11 Å². The van der Waals surface area contributed by atoms with Gasteiger partial charge < -0.3 is 20.1 Å². The van der Waals surface area contributed by atoms with Gasteiger partial charge in [0.2, 0.25) is 0 Å². The number of nitrogens with one attached hydrogen (secondary N) is 2. The van der Waals surface area contributed by atoms with Gasteiger partial charge in [-0.3, -0.25) is 0 Å². The van der Waals surface area contributed by atoms with Crippen molar-refractivity contribution in [1.29, 1.82) is 0 Å². The Kier molecular flexibility index (Phi) is 6.10. The summed E-state index contributed by atoms with van der Waals surface area (Å²) >= 11 is 5.21. The smallest absolute Gasteiger partial charge is 0.387 e. The lowest BCUT2D eigenvalue weighted by atomic mass is 10.2. The van der Waals surface area contributed by atoms with Gasteiger partial charge in [-0.1, -0.05) is 18.2 Å². The summed E-state index contributed by atoms with van der Waals surface area (Å²) in [6.45, 7) is -2.36. The fourth-order valence-electron chi connectivity index (χ4n) is 1.85. The van der Waals surface area contributed by atoms with Crippen molar-refractivity contribution in [3.05, 3.63) is 54.1 Å². The van der Waals surface area contributed by atoms with E-state index < -0.39 is 6.61 Å². The number of hydrogen-bond donors (Lipinski definition) is 2. The summed E-state index contributed by atoms with van der Waals surface area (Å²) in [6, 6.07) is 13.7. The molecule has 0 atom stereocenters. The van der Waals surface area contributed by atoms with Gasteiger partial charge in [-0.15, -0.1) is 0 Å². The maximum atomic E-state index is 12.1. The third kappa shape index (κ3) is 5.71. The van der Waals surface area contributed by atoms with Crippen LogP contribution in [-0.4, -0.2) is 18.8 Å². The normalized spacial score (nSPS) is 10.3. The monoisotopic (exact) mass is 338 g/mol. The number of anilines is 1. The molecule has 0 heterocycles. The Balaban J connectivity index is 1.84. The minimum absolute atomic E-state index is 0.126. The number of ether oxygens (including phenoxy) is 2. The van der Waals surface area contributed by atoms with Crippen LogP contribution in [0.5, 0.6) is 11.5 Å². The number of halogens is 2. The van der Waals surface area contributed by atoms with E-state index in [1.54, 1.807) is 19.2 Å². The molecule has 0 radical (unpaired) electrons. The zero-order valence-corrected chi connectivity index (χ0v) is 13.2. The Labute approximate surface area is 138 Å². The van der Waals surface area contributed by atoms with Crippen molar-refractivity contribution in [2.75, 3.05) is 12.4 Å². The van der Waals surface area contributed by atoms with Crippen molar-refractivity contribution < 1.29 is 18.3 Å². The predicted octanol–water partition coefficient (Wildman–Crippen LogP) is 3.78. The van der Waals surface area contributed by atoms with E-state index in [4.69, 9.17) is 17.0 Å². The average molecular weight is 338 g/mol. The lowest BCUT2D eigenvalue weighted by Crippen LogP contribution is -2.27. The lowest BCUT2D eigenvalue weighted by Gasteiger charge is -2.12. The molecule has 0 aromatic heterocycles. The van der Waals surface area contributed by atoms with Crippen LogP contribution in [-0.2, 0) is 6.54 Å². The largest absolute Gasteiger partial charge is 0.497 e. The third-order valence-corrected chi connectivity index (χ3v) is 3.18. The predicted molar refractivity (Wildman–Crippen MR) is 89.1 cm³/mol. The first-order valence-corrected chi connectivity index (χ1v) is 7.20. The second-order valence-corrected chi connectivity index (χ2v) is 4.97. The standard InChI is InChI=1S/C16H16F2N2O2S/c1-21-14-4-2-3-12(9-14)20-16(23)19-10-11-5-7-13(8-6-11)22-15(17)18/h2-9,15H,10H2,1H3,(H2,19,20,23). The highest BCUT2D eigenvalue weighted by Gasteiger charge is 2.04. The Morgan fingerprint density at radius 1 is 1.13 bits per heavy atom. The first kappa shape index (κ1) is 17.0. The molecule has 2 aromatic rings. The number of hydrogen-bond acceptors (Lipinski definition) is 3. The van der Waals surface area contributed by atoms with Crippen LogP contribution in [0.1, 0.15) is 5.56 Å². The van der Waals surface area contributed by atoms with E-state index >= 15 is 0 Å². The summed E-state index contributed by atoms with van der Waals surface area (Å²) in [4.78, 5) is 0. The quantitative estimate of drug-likeness (QED) is 0.785. The molecule has 0 unspecified atom stereocenters. The molecule has 23 heavy (non-hydrogen) atoms. The van der Waals surface area contributed by atoms with Crippen molar-refractivity contribution >= 4 is 23.0 Å². The van der Waals surface area contributed by atoms with Gasteiger partial charge in [-0.2, -0.15) is 8.78 Å². The summed E-state index contributed by atoms with van der Waals surface area (Å²) in [5.41, 5.74) is 1.70. The second-order valence-electron chi connectivity index (χ2n) is 4.56. The van der Waals surface area contributed by atoms with Crippen LogP contribution in [0.2, 0.25) is 0 Å². The molecular formula is C16H16F2N2O2S. The van der Waals surface area contributed by atoms with Crippen molar-refractivity contribution in [1.82, 2.24) is 5.32 Å².